The number of nitrogens with zero attached hydrogens (tertiary/aromatic N) is 2. The summed E-state index contributed by atoms with van der Waals surface area (Å²) in [5, 5.41) is 12.3. The van der Waals surface area contributed by atoms with Crippen molar-refractivity contribution in [3.05, 3.63) is 29.8 Å². The van der Waals surface area contributed by atoms with E-state index in [4.69, 9.17) is 10.3 Å². The third kappa shape index (κ3) is 2.13. The van der Waals surface area contributed by atoms with Gasteiger partial charge in [0.1, 0.15) is 11.5 Å². The first kappa shape index (κ1) is 9.25. The molecule has 0 aliphatic heterocycles. The lowest BCUT2D eigenvalue weighted by Gasteiger charge is -1.98. The fourth-order valence-electron chi connectivity index (χ4n) is 1.05. The number of nitrogens with one attached hydrogen (secondary N) is 2. The topological polar surface area (TPSA) is 110 Å². The maximum atomic E-state index is 11.5. The molecule has 15 heavy (non-hydrogen) atoms. The first-order valence-corrected chi connectivity index (χ1v) is 4.24. The smallest absolute Gasteiger partial charge is 0.269 e. The second-order valence-corrected chi connectivity index (χ2v) is 2.87. The summed E-state index contributed by atoms with van der Waals surface area (Å²) in [6, 6.07) is 3.12. The van der Waals surface area contributed by atoms with Crippen LogP contribution in [-0.4, -0.2) is 21.3 Å². The van der Waals surface area contributed by atoms with Crippen molar-refractivity contribution in [3.63, 3.8) is 0 Å². The number of anilines is 1. The molecule has 0 fully saturated rings. The molecule has 0 saturated carbocycles. The molecule has 0 bridgehead atoms. The Hall–Kier alpha value is -2.31. The molecule has 0 aromatic carbocycles. The fraction of sp³-hybridized carbons (Fsp3) is 0.125. The first-order valence-electron chi connectivity index (χ1n) is 4.24. The summed E-state index contributed by atoms with van der Waals surface area (Å²) >= 11 is 0. The summed E-state index contributed by atoms with van der Waals surface area (Å²) in [6.07, 6.45) is 1.51. The molecule has 2 aromatic heterocycles. The van der Waals surface area contributed by atoms with Gasteiger partial charge in [-0.3, -0.25) is 9.89 Å². The van der Waals surface area contributed by atoms with Crippen LogP contribution in [0.2, 0.25) is 0 Å². The SMILES string of the molecule is Nc1cc(C(=O)NCc2ccno2)[nH]n1. The summed E-state index contributed by atoms with van der Waals surface area (Å²) < 4.78 is 4.81. The van der Waals surface area contributed by atoms with Gasteiger partial charge in [-0.05, 0) is 0 Å². The monoisotopic (exact) mass is 207 g/mol. The van der Waals surface area contributed by atoms with Gasteiger partial charge in [-0.25, -0.2) is 0 Å². The lowest BCUT2D eigenvalue weighted by Crippen LogP contribution is -2.22. The Bertz CT molecular complexity index is 447. The molecule has 7 heteroatoms. The standard InChI is InChI=1S/C8H9N5O2/c9-7-3-6(12-13-7)8(14)10-4-5-1-2-11-15-5/h1-3H,4H2,(H,10,14)(H3,9,12,13). The van der Waals surface area contributed by atoms with Gasteiger partial charge in [0.05, 0.1) is 12.7 Å². The Morgan fingerprint density at radius 3 is 3.13 bits per heavy atom. The summed E-state index contributed by atoms with van der Waals surface area (Å²) in [7, 11) is 0. The molecule has 0 atom stereocenters. The van der Waals surface area contributed by atoms with Crippen molar-refractivity contribution < 1.29 is 9.32 Å². The molecular weight excluding hydrogens is 198 g/mol. The van der Waals surface area contributed by atoms with E-state index in [9.17, 15) is 4.79 Å². The van der Waals surface area contributed by atoms with E-state index in [1.54, 1.807) is 6.07 Å². The zero-order valence-electron chi connectivity index (χ0n) is 7.73. The molecule has 4 N–H and O–H groups in total. The minimum atomic E-state index is -0.296. The molecule has 7 nitrogen and oxygen atoms in total. The van der Waals surface area contributed by atoms with E-state index in [1.807, 2.05) is 0 Å². The number of aromatic nitrogens is 3. The highest BCUT2D eigenvalue weighted by Gasteiger charge is 2.08. The second-order valence-electron chi connectivity index (χ2n) is 2.87. The highest BCUT2D eigenvalue weighted by atomic mass is 16.5. The van der Waals surface area contributed by atoms with Crippen molar-refractivity contribution in [1.82, 2.24) is 20.7 Å². The Morgan fingerprint density at radius 2 is 2.53 bits per heavy atom. The zero-order chi connectivity index (χ0) is 10.7. The number of H-pyrrole nitrogens is 1. The van der Waals surface area contributed by atoms with Crippen LogP contribution in [0.5, 0.6) is 0 Å². The van der Waals surface area contributed by atoms with Gasteiger partial charge >= 0.3 is 0 Å². The summed E-state index contributed by atoms with van der Waals surface area (Å²) in [4.78, 5) is 11.5. The Balaban J connectivity index is 1.93. The molecule has 2 rings (SSSR count). The van der Waals surface area contributed by atoms with Crippen LogP contribution >= 0.6 is 0 Å². The second kappa shape index (κ2) is 3.82. The number of nitrogens with two attached hydrogens (primary N) is 1. The van der Waals surface area contributed by atoms with Gasteiger partial charge in [-0.2, -0.15) is 5.10 Å². The van der Waals surface area contributed by atoms with Crippen molar-refractivity contribution >= 4 is 11.7 Å². The number of aromatic amines is 1. The molecule has 2 aromatic rings. The van der Waals surface area contributed by atoms with Crippen LogP contribution in [-0.2, 0) is 6.54 Å². The van der Waals surface area contributed by atoms with E-state index in [-0.39, 0.29) is 18.3 Å². The van der Waals surface area contributed by atoms with Gasteiger partial charge in [0.2, 0.25) is 0 Å². The lowest BCUT2D eigenvalue weighted by molar-refractivity contribution is 0.0942. The average molecular weight is 207 g/mol. The highest BCUT2D eigenvalue weighted by molar-refractivity contribution is 5.92. The van der Waals surface area contributed by atoms with Gasteiger partial charge < -0.3 is 15.6 Å². The van der Waals surface area contributed by atoms with E-state index in [0.29, 0.717) is 11.5 Å². The lowest BCUT2D eigenvalue weighted by atomic mass is 10.4. The van der Waals surface area contributed by atoms with Gasteiger partial charge in [-0.15, -0.1) is 0 Å². The Kier molecular flexibility index (Phi) is 2.36. The molecule has 0 aliphatic rings. The molecule has 78 valence electrons. The highest BCUT2D eigenvalue weighted by Crippen LogP contribution is 2.01. The molecule has 0 radical (unpaired) electrons. The van der Waals surface area contributed by atoms with Crippen LogP contribution in [0.1, 0.15) is 16.2 Å². The number of hydrogen-bond donors (Lipinski definition) is 3. The average Bonchev–Trinajstić information content (AvgIpc) is 2.84. The fourth-order valence-corrected chi connectivity index (χ4v) is 1.05. The molecule has 0 aliphatic carbocycles. The first-order chi connectivity index (χ1) is 7.25. The zero-order valence-corrected chi connectivity index (χ0v) is 7.73. The Morgan fingerprint density at radius 1 is 1.67 bits per heavy atom. The third-order valence-corrected chi connectivity index (χ3v) is 1.76. The largest absolute Gasteiger partial charge is 0.382 e. The number of rotatable bonds is 3. The van der Waals surface area contributed by atoms with Crippen LogP contribution < -0.4 is 11.1 Å². The van der Waals surface area contributed by atoms with Gasteiger partial charge in [0, 0.05) is 12.1 Å². The van der Waals surface area contributed by atoms with Gasteiger partial charge in [0.15, 0.2) is 5.76 Å². The van der Waals surface area contributed by atoms with Crippen molar-refractivity contribution in [1.29, 1.82) is 0 Å². The molecular formula is C8H9N5O2. The quantitative estimate of drug-likeness (QED) is 0.651. The molecule has 2 heterocycles. The van der Waals surface area contributed by atoms with Crippen molar-refractivity contribution in [2.75, 3.05) is 5.73 Å². The molecule has 0 saturated heterocycles. The van der Waals surface area contributed by atoms with Crippen molar-refractivity contribution in [3.8, 4) is 0 Å². The van der Waals surface area contributed by atoms with E-state index in [0.717, 1.165) is 0 Å². The van der Waals surface area contributed by atoms with Crippen LogP contribution in [0.15, 0.2) is 22.9 Å². The van der Waals surface area contributed by atoms with E-state index >= 15 is 0 Å². The number of carbonyl (C=O) groups is 1. The van der Waals surface area contributed by atoms with E-state index in [1.165, 1.54) is 12.3 Å². The summed E-state index contributed by atoms with van der Waals surface area (Å²) in [5.74, 6) is 0.561. The number of nitrogen functional groups attached to an aromatic ring is 1. The predicted octanol–water partition coefficient (Wildman–Crippen LogP) is -0.0901. The predicted molar refractivity (Wildman–Crippen MR) is 50.7 cm³/mol. The van der Waals surface area contributed by atoms with E-state index < -0.39 is 0 Å². The van der Waals surface area contributed by atoms with Gasteiger partial charge in [-0.1, -0.05) is 5.16 Å². The Labute approximate surface area is 84.6 Å². The number of amides is 1. The van der Waals surface area contributed by atoms with Crippen LogP contribution in [0, 0.1) is 0 Å². The minimum absolute atomic E-state index is 0.276. The maximum absolute atomic E-state index is 11.5. The maximum Gasteiger partial charge on any atom is 0.269 e. The normalized spacial score (nSPS) is 10.1. The molecule has 1 amide bonds. The number of hydrogen-bond acceptors (Lipinski definition) is 5. The van der Waals surface area contributed by atoms with Crippen LogP contribution in [0.4, 0.5) is 5.82 Å². The van der Waals surface area contributed by atoms with Crippen molar-refractivity contribution in [2.24, 2.45) is 0 Å². The number of carbonyl (C=O) groups excluding carboxylic acids is 1. The van der Waals surface area contributed by atoms with Crippen molar-refractivity contribution in [2.45, 2.75) is 6.54 Å². The van der Waals surface area contributed by atoms with Gasteiger partial charge in [0.25, 0.3) is 5.91 Å². The third-order valence-electron chi connectivity index (χ3n) is 1.76. The summed E-state index contributed by atoms with van der Waals surface area (Å²) in [6.45, 7) is 0.276. The minimum Gasteiger partial charge on any atom is -0.382 e. The molecule has 0 spiro atoms. The van der Waals surface area contributed by atoms with Crippen LogP contribution in [0.3, 0.4) is 0 Å². The van der Waals surface area contributed by atoms with Crippen LogP contribution in [0.25, 0.3) is 0 Å². The summed E-state index contributed by atoms with van der Waals surface area (Å²) in [5.41, 5.74) is 5.67. The molecule has 0 unspecified atom stereocenters. The van der Waals surface area contributed by atoms with E-state index in [2.05, 4.69) is 20.7 Å².